The summed E-state index contributed by atoms with van der Waals surface area (Å²) in [6.07, 6.45) is 2.25. The average molecular weight is 259 g/mol. The number of nitrogens with zero attached hydrogens (tertiary/aromatic N) is 2. The van der Waals surface area contributed by atoms with E-state index in [0.29, 0.717) is 6.04 Å². The highest BCUT2D eigenvalue weighted by Gasteiger charge is 2.20. The normalized spacial score (nSPS) is 22.2. The Bertz CT molecular complexity index is 491. The number of amidine groups is 1. The SMILES string of the molecule is CN1CC(=NC2CCNCC2)Nc2cc(N)ccc21. The summed E-state index contributed by atoms with van der Waals surface area (Å²) in [5, 5.41) is 6.79. The van der Waals surface area contributed by atoms with Gasteiger partial charge in [-0.25, -0.2) is 0 Å². The molecule has 1 aromatic carbocycles. The van der Waals surface area contributed by atoms with Crippen molar-refractivity contribution in [3.63, 3.8) is 0 Å². The minimum Gasteiger partial charge on any atom is -0.399 e. The Morgan fingerprint density at radius 1 is 1.32 bits per heavy atom. The summed E-state index contributed by atoms with van der Waals surface area (Å²) in [5.74, 6) is 1.05. The van der Waals surface area contributed by atoms with E-state index in [9.17, 15) is 0 Å². The van der Waals surface area contributed by atoms with Gasteiger partial charge in [0.15, 0.2) is 0 Å². The van der Waals surface area contributed by atoms with E-state index in [-0.39, 0.29) is 0 Å². The average Bonchev–Trinajstić information content (AvgIpc) is 2.39. The lowest BCUT2D eigenvalue weighted by molar-refractivity contribution is 0.459. The van der Waals surface area contributed by atoms with Gasteiger partial charge in [-0.2, -0.15) is 0 Å². The van der Waals surface area contributed by atoms with Gasteiger partial charge in [0, 0.05) is 12.7 Å². The van der Waals surface area contributed by atoms with Crippen LogP contribution in [-0.2, 0) is 0 Å². The molecular weight excluding hydrogens is 238 g/mol. The van der Waals surface area contributed by atoms with Crippen LogP contribution < -0.4 is 21.3 Å². The minimum atomic E-state index is 0.444. The zero-order valence-electron chi connectivity index (χ0n) is 11.3. The molecule has 2 heterocycles. The number of nitrogens with two attached hydrogens (primary N) is 1. The summed E-state index contributed by atoms with van der Waals surface area (Å²) in [6, 6.07) is 6.41. The highest BCUT2D eigenvalue weighted by atomic mass is 15.2. The molecule has 1 fully saturated rings. The summed E-state index contributed by atoms with van der Waals surface area (Å²) >= 11 is 0. The smallest absolute Gasteiger partial charge is 0.121 e. The number of hydrogen-bond acceptors (Lipinski definition) is 4. The Balaban J connectivity index is 1.81. The minimum absolute atomic E-state index is 0.444. The van der Waals surface area contributed by atoms with E-state index in [4.69, 9.17) is 10.7 Å². The zero-order valence-corrected chi connectivity index (χ0v) is 11.3. The monoisotopic (exact) mass is 259 g/mol. The maximum absolute atomic E-state index is 5.85. The fourth-order valence-electron chi connectivity index (χ4n) is 2.72. The van der Waals surface area contributed by atoms with Gasteiger partial charge in [-0.05, 0) is 44.1 Å². The van der Waals surface area contributed by atoms with Crippen LogP contribution in [-0.4, -0.2) is 38.6 Å². The Morgan fingerprint density at radius 2 is 2.11 bits per heavy atom. The fourth-order valence-corrected chi connectivity index (χ4v) is 2.72. The Kier molecular flexibility index (Phi) is 3.29. The standard InChI is InChI=1S/C14H21N5/c1-19-9-14(17-11-4-6-16-7-5-11)18-12-8-10(15)2-3-13(12)19/h2-3,8,11,16H,4-7,9,15H2,1H3,(H,17,18). The number of anilines is 3. The van der Waals surface area contributed by atoms with Crippen LogP contribution in [0.25, 0.3) is 0 Å². The van der Waals surface area contributed by atoms with Gasteiger partial charge < -0.3 is 21.3 Å². The number of aliphatic imine (C=N–C) groups is 1. The molecule has 1 saturated heterocycles. The molecule has 2 aliphatic rings. The number of benzene rings is 1. The molecule has 0 atom stereocenters. The van der Waals surface area contributed by atoms with Crippen LogP contribution in [0.1, 0.15) is 12.8 Å². The number of hydrogen-bond donors (Lipinski definition) is 3. The van der Waals surface area contributed by atoms with Crippen molar-refractivity contribution >= 4 is 22.9 Å². The lowest BCUT2D eigenvalue weighted by atomic mass is 10.1. The van der Waals surface area contributed by atoms with Gasteiger partial charge in [-0.3, -0.25) is 4.99 Å². The third-order valence-electron chi connectivity index (χ3n) is 3.74. The van der Waals surface area contributed by atoms with Crippen LogP contribution in [0.3, 0.4) is 0 Å². The first-order chi connectivity index (χ1) is 9.22. The molecule has 102 valence electrons. The molecule has 0 spiro atoms. The predicted octanol–water partition coefficient (Wildman–Crippen LogP) is 1.28. The maximum atomic E-state index is 5.85. The van der Waals surface area contributed by atoms with Crippen LogP contribution in [0, 0.1) is 0 Å². The van der Waals surface area contributed by atoms with E-state index in [2.05, 4.69) is 28.6 Å². The third kappa shape index (κ3) is 2.66. The molecule has 1 aromatic rings. The van der Waals surface area contributed by atoms with Crippen LogP contribution in [0.4, 0.5) is 17.1 Å². The van der Waals surface area contributed by atoms with Crippen molar-refractivity contribution in [3.05, 3.63) is 18.2 Å². The topological polar surface area (TPSA) is 65.7 Å². The lowest BCUT2D eigenvalue weighted by Gasteiger charge is -2.31. The zero-order chi connectivity index (χ0) is 13.2. The first-order valence-corrected chi connectivity index (χ1v) is 6.87. The lowest BCUT2D eigenvalue weighted by Crippen LogP contribution is -2.38. The molecule has 5 nitrogen and oxygen atoms in total. The number of nitrogens with one attached hydrogen (secondary N) is 2. The highest BCUT2D eigenvalue weighted by Crippen LogP contribution is 2.30. The summed E-state index contributed by atoms with van der Waals surface area (Å²) in [5.41, 5.74) is 8.87. The van der Waals surface area contributed by atoms with E-state index in [0.717, 1.165) is 49.7 Å². The van der Waals surface area contributed by atoms with Crippen molar-refractivity contribution in [2.75, 3.05) is 42.6 Å². The van der Waals surface area contributed by atoms with E-state index in [1.165, 1.54) is 5.69 Å². The van der Waals surface area contributed by atoms with Crippen molar-refractivity contribution in [1.82, 2.24) is 5.32 Å². The third-order valence-corrected chi connectivity index (χ3v) is 3.74. The van der Waals surface area contributed by atoms with Crippen molar-refractivity contribution in [3.8, 4) is 0 Å². The maximum Gasteiger partial charge on any atom is 0.121 e. The predicted molar refractivity (Wildman–Crippen MR) is 81.1 cm³/mol. The Hall–Kier alpha value is -1.75. The molecular formula is C14H21N5. The summed E-state index contributed by atoms with van der Waals surface area (Å²) < 4.78 is 0. The van der Waals surface area contributed by atoms with E-state index in [1.54, 1.807) is 0 Å². The van der Waals surface area contributed by atoms with Crippen LogP contribution >= 0.6 is 0 Å². The number of nitrogen functional groups attached to an aromatic ring is 1. The quantitative estimate of drug-likeness (QED) is 0.665. The highest BCUT2D eigenvalue weighted by molar-refractivity contribution is 6.05. The number of likely N-dealkylation sites (N-methyl/N-ethyl adjacent to an activating group) is 1. The molecule has 3 rings (SSSR count). The largest absolute Gasteiger partial charge is 0.399 e. The van der Waals surface area contributed by atoms with E-state index in [1.807, 2.05) is 12.1 Å². The van der Waals surface area contributed by atoms with Crippen LogP contribution in [0.15, 0.2) is 23.2 Å². The number of rotatable bonds is 1. The number of fused-ring (bicyclic) bond motifs is 1. The van der Waals surface area contributed by atoms with Crippen molar-refractivity contribution in [2.24, 2.45) is 4.99 Å². The number of piperidine rings is 1. The molecule has 0 amide bonds. The molecule has 0 aromatic heterocycles. The molecule has 0 radical (unpaired) electrons. The molecule has 0 unspecified atom stereocenters. The summed E-state index contributed by atoms with van der Waals surface area (Å²) in [6.45, 7) is 2.97. The van der Waals surface area contributed by atoms with Crippen LogP contribution in [0.5, 0.6) is 0 Å². The molecule has 2 aliphatic heterocycles. The second-order valence-corrected chi connectivity index (χ2v) is 5.31. The van der Waals surface area contributed by atoms with Gasteiger partial charge in [-0.15, -0.1) is 0 Å². The molecule has 0 bridgehead atoms. The molecule has 4 N–H and O–H groups in total. The van der Waals surface area contributed by atoms with E-state index >= 15 is 0 Å². The first-order valence-electron chi connectivity index (χ1n) is 6.87. The first kappa shape index (κ1) is 12.3. The van der Waals surface area contributed by atoms with Gasteiger partial charge in [0.2, 0.25) is 0 Å². The Labute approximate surface area is 113 Å². The van der Waals surface area contributed by atoms with Gasteiger partial charge >= 0.3 is 0 Å². The van der Waals surface area contributed by atoms with Gasteiger partial charge in [0.1, 0.15) is 5.84 Å². The van der Waals surface area contributed by atoms with Crippen LogP contribution in [0.2, 0.25) is 0 Å². The summed E-state index contributed by atoms with van der Waals surface area (Å²) in [7, 11) is 2.09. The fraction of sp³-hybridized carbons (Fsp3) is 0.500. The van der Waals surface area contributed by atoms with Crippen molar-refractivity contribution in [2.45, 2.75) is 18.9 Å². The van der Waals surface area contributed by atoms with E-state index < -0.39 is 0 Å². The molecule has 0 aliphatic carbocycles. The van der Waals surface area contributed by atoms with Crippen molar-refractivity contribution < 1.29 is 0 Å². The Morgan fingerprint density at radius 3 is 2.89 bits per heavy atom. The second kappa shape index (κ2) is 5.09. The molecule has 19 heavy (non-hydrogen) atoms. The molecule has 0 saturated carbocycles. The van der Waals surface area contributed by atoms with Gasteiger partial charge in [-0.1, -0.05) is 0 Å². The summed E-state index contributed by atoms with van der Waals surface area (Å²) in [4.78, 5) is 7.07. The van der Waals surface area contributed by atoms with Gasteiger partial charge in [0.05, 0.1) is 24.0 Å². The van der Waals surface area contributed by atoms with Gasteiger partial charge in [0.25, 0.3) is 0 Å². The molecule has 5 heteroatoms. The second-order valence-electron chi connectivity index (χ2n) is 5.31. The van der Waals surface area contributed by atoms with Crippen molar-refractivity contribution in [1.29, 1.82) is 0 Å².